The second-order valence-electron chi connectivity index (χ2n) is 7.98. The summed E-state index contributed by atoms with van der Waals surface area (Å²) in [4.78, 5) is 31.7. The predicted molar refractivity (Wildman–Crippen MR) is 117 cm³/mol. The third-order valence-electron chi connectivity index (χ3n) is 5.65. The molecular weight excluding hydrogens is 381 g/mol. The molecule has 0 aliphatic rings. The molecule has 6 heteroatoms. The number of aromatic amines is 1. The normalized spacial score (nSPS) is 13.4. The second-order valence-corrected chi connectivity index (χ2v) is 7.98. The second kappa shape index (κ2) is 9.22. The van der Waals surface area contributed by atoms with Crippen molar-refractivity contribution in [3.05, 3.63) is 71.2 Å². The Kier molecular flexibility index (Phi) is 6.67. The molecule has 30 heavy (non-hydrogen) atoms. The lowest BCUT2D eigenvalue weighted by molar-refractivity contribution is -0.139. The fourth-order valence-corrected chi connectivity index (χ4v) is 3.89. The number of hydrogen-bond acceptors (Lipinski definition) is 3. The highest BCUT2D eigenvalue weighted by atomic mass is 19.1. The summed E-state index contributed by atoms with van der Waals surface area (Å²) in [6.07, 6.45) is 3.50. The molecular formula is C24H28FN3O2. The first kappa shape index (κ1) is 21.7. The monoisotopic (exact) mass is 409 g/mol. The Morgan fingerprint density at radius 1 is 1.13 bits per heavy atom. The Balaban J connectivity index is 1.82. The highest BCUT2D eigenvalue weighted by Gasteiger charge is 2.29. The van der Waals surface area contributed by atoms with Crippen LogP contribution in [0.2, 0.25) is 0 Å². The van der Waals surface area contributed by atoms with Gasteiger partial charge in [0.2, 0.25) is 5.91 Å². The van der Waals surface area contributed by atoms with E-state index in [-0.39, 0.29) is 18.1 Å². The van der Waals surface area contributed by atoms with Crippen LogP contribution >= 0.6 is 0 Å². The topological polar surface area (TPSA) is 56.4 Å². The first-order valence-corrected chi connectivity index (χ1v) is 10.00. The summed E-state index contributed by atoms with van der Waals surface area (Å²) < 4.78 is 13.5. The standard InChI is InChI=1S/C24H28FN3O2/c1-16-7-5-10-21-23(16)18(14-26-21)13-22(27(2)3)24(30)28(4)20(15-29)12-17-8-6-9-19(25)11-17/h5-11,14-15,20,22,26H,12-13H2,1-4H3. The average Bonchev–Trinajstić information content (AvgIpc) is 3.13. The molecule has 0 saturated carbocycles. The molecule has 1 amide bonds. The van der Waals surface area contributed by atoms with E-state index in [1.165, 1.54) is 17.0 Å². The molecule has 0 saturated heterocycles. The number of hydrogen-bond donors (Lipinski definition) is 1. The molecule has 1 N–H and O–H groups in total. The van der Waals surface area contributed by atoms with Gasteiger partial charge in [0.1, 0.15) is 12.1 Å². The van der Waals surface area contributed by atoms with Gasteiger partial charge < -0.3 is 14.7 Å². The van der Waals surface area contributed by atoms with Crippen molar-refractivity contribution in [2.75, 3.05) is 21.1 Å². The van der Waals surface area contributed by atoms with Gasteiger partial charge >= 0.3 is 0 Å². The number of H-pyrrole nitrogens is 1. The molecule has 0 fully saturated rings. The Labute approximate surface area is 176 Å². The van der Waals surface area contributed by atoms with Gasteiger partial charge in [0, 0.05) is 24.1 Å². The van der Waals surface area contributed by atoms with Crippen LogP contribution in [0.3, 0.4) is 0 Å². The highest BCUT2D eigenvalue weighted by Crippen LogP contribution is 2.24. The number of nitrogens with zero attached hydrogens (tertiary/aromatic N) is 2. The first-order chi connectivity index (χ1) is 14.3. The molecule has 158 valence electrons. The van der Waals surface area contributed by atoms with E-state index >= 15 is 0 Å². The average molecular weight is 410 g/mol. The van der Waals surface area contributed by atoms with Gasteiger partial charge in [0.05, 0.1) is 12.1 Å². The molecule has 3 aromatic rings. The zero-order valence-electron chi connectivity index (χ0n) is 17.9. The van der Waals surface area contributed by atoms with Crippen LogP contribution in [0.5, 0.6) is 0 Å². The molecule has 1 aromatic heterocycles. The number of halogens is 1. The maximum absolute atomic E-state index is 13.5. The van der Waals surface area contributed by atoms with Crippen LogP contribution in [0.15, 0.2) is 48.7 Å². The SMILES string of the molecule is Cc1cccc2[nH]cc(CC(C(=O)N(C)C(C=O)Cc3cccc(F)c3)N(C)C)c12. The summed E-state index contributed by atoms with van der Waals surface area (Å²) in [5.74, 6) is -0.497. The minimum absolute atomic E-state index is 0.142. The van der Waals surface area contributed by atoms with E-state index < -0.39 is 12.1 Å². The van der Waals surface area contributed by atoms with Crippen molar-refractivity contribution in [3.8, 4) is 0 Å². The lowest BCUT2D eigenvalue weighted by Crippen LogP contribution is -2.50. The van der Waals surface area contributed by atoms with Gasteiger partial charge in [-0.25, -0.2) is 4.39 Å². The van der Waals surface area contributed by atoms with E-state index in [0.717, 1.165) is 28.3 Å². The van der Waals surface area contributed by atoms with Crippen molar-refractivity contribution in [1.29, 1.82) is 0 Å². The van der Waals surface area contributed by atoms with E-state index in [0.29, 0.717) is 12.0 Å². The van der Waals surface area contributed by atoms with Gasteiger partial charge in [-0.05, 0) is 68.8 Å². The van der Waals surface area contributed by atoms with Crippen LogP contribution in [0.4, 0.5) is 4.39 Å². The molecule has 0 aliphatic carbocycles. The number of likely N-dealkylation sites (N-methyl/N-ethyl adjacent to an activating group) is 2. The number of nitrogens with one attached hydrogen (secondary N) is 1. The van der Waals surface area contributed by atoms with E-state index in [2.05, 4.69) is 18.0 Å². The number of carbonyl (C=O) groups is 2. The summed E-state index contributed by atoms with van der Waals surface area (Å²) in [6.45, 7) is 2.06. The molecule has 0 radical (unpaired) electrons. The number of carbonyl (C=O) groups excluding carboxylic acids is 2. The van der Waals surface area contributed by atoms with E-state index in [1.807, 2.05) is 37.3 Å². The predicted octanol–water partition coefficient (Wildman–Crippen LogP) is 3.36. The quantitative estimate of drug-likeness (QED) is 0.581. The summed E-state index contributed by atoms with van der Waals surface area (Å²) in [7, 11) is 5.36. The van der Waals surface area contributed by atoms with Crippen molar-refractivity contribution in [3.63, 3.8) is 0 Å². The van der Waals surface area contributed by atoms with E-state index in [4.69, 9.17) is 0 Å². The van der Waals surface area contributed by atoms with Crippen LogP contribution in [-0.4, -0.2) is 60.2 Å². The third kappa shape index (κ3) is 4.60. The summed E-state index contributed by atoms with van der Waals surface area (Å²) in [5.41, 5.74) is 3.94. The zero-order valence-corrected chi connectivity index (χ0v) is 17.9. The van der Waals surface area contributed by atoms with Crippen LogP contribution in [0.1, 0.15) is 16.7 Å². The Hall–Kier alpha value is -2.99. The summed E-state index contributed by atoms with van der Waals surface area (Å²) in [6, 6.07) is 11.1. The van der Waals surface area contributed by atoms with Gasteiger partial charge in [0.15, 0.2) is 0 Å². The third-order valence-corrected chi connectivity index (χ3v) is 5.65. The largest absolute Gasteiger partial charge is 0.361 e. The number of rotatable bonds is 8. The Morgan fingerprint density at radius 2 is 1.87 bits per heavy atom. The fourth-order valence-electron chi connectivity index (χ4n) is 3.89. The van der Waals surface area contributed by atoms with E-state index in [9.17, 15) is 14.0 Å². The van der Waals surface area contributed by atoms with Gasteiger partial charge in [0.25, 0.3) is 0 Å². The van der Waals surface area contributed by atoms with Crippen molar-refractivity contribution in [1.82, 2.24) is 14.8 Å². The molecule has 2 atom stereocenters. The maximum atomic E-state index is 13.5. The van der Waals surface area contributed by atoms with Crippen molar-refractivity contribution >= 4 is 23.1 Å². The van der Waals surface area contributed by atoms with Gasteiger partial charge in [-0.15, -0.1) is 0 Å². The fraction of sp³-hybridized carbons (Fsp3) is 0.333. The van der Waals surface area contributed by atoms with Crippen LogP contribution < -0.4 is 0 Å². The van der Waals surface area contributed by atoms with Crippen LogP contribution in [-0.2, 0) is 22.4 Å². The maximum Gasteiger partial charge on any atom is 0.240 e. The van der Waals surface area contributed by atoms with E-state index in [1.54, 1.807) is 19.2 Å². The number of benzene rings is 2. The molecule has 5 nitrogen and oxygen atoms in total. The first-order valence-electron chi connectivity index (χ1n) is 10.00. The van der Waals surface area contributed by atoms with Crippen LogP contribution in [0, 0.1) is 12.7 Å². The smallest absolute Gasteiger partial charge is 0.240 e. The molecule has 3 rings (SSSR count). The Morgan fingerprint density at radius 3 is 2.53 bits per heavy atom. The molecule has 0 aliphatic heterocycles. The lowest BCUT2D eigenvalue weighted by Gasteiger charge is -2.31. The van der Waals surface area contributed by atoms with Crippen molar-refractivity contribution in [2.45, 2.75) is 31.8 Å². The number of fused-ring (bicyclic) bond motifs is 1. The van der Waals surface area contributed by atoms with Crippen LogP contribution in [0.25, 0.3) is 10.9 Å². The Bertz CT molecular complexity index is 1040. The number of aldehydes is 1. The minimum atomic E-state index is -0.661. The molecule has 2 aromatic carbocycles. The van der Waals surface area contributed by atoms with Gasteiger partial charge in [-0.3, -0.25) is 9.69 Å². The summed E-state index contributed by atoms with van der Waals surface area (Å²) >= 11 is 0. The van der Waals surface area contributed by atoms with Crippen molar-refractivity contribution in [2.24, 2.45) is 0 Å². The molecule has 1 heterocycles. The highest BCUT2D eigenvalue weighted by molar-refractivity contribution is 5.89. The van der Waals surface area contributed by atoms with Crippen molar-refractivity contribution < 1.29 is 14.0 Å². The number of aryl methyl sites for hydroxylation is 1. The molecule has 0 spiro atoms. The minimum Gasteiger partial charge on any atom is -0.361 e. The lowest BCUT2D eigenvalue weighted by atomic mass is 9.99. The molecule has 0 bridgehead atoms. The zero-order chi connectivity index (χ0) is 21.8. The summed E-state index contributed by atoms with van der Waals surface area (Å²) in [5, 5.41) is 1.13. The van der Waals surface area contributed by atoms with Gasteiger partial charge in [-0.2, -0.15) is 0 Å². The molecule has 2 unspecified atom stereocenters. The van der Waals surface area contributed by atoms with Gasteiger partial charge in [-0.1, -0.05) is 24.3 Å². The number of amides is 1. The number of aromatic nitrogens is 1.